The number of rotatable bonds is 12. The second kappa shape index (κ2) is 13.1. The highest BCUT2D eigenvalue weighted by atomic mass is 32.2. The van der Waals surface area contributed by atoms with Crippen molar-refractivity contribution in [3.05, 3.63) is 95.6 Å². The van der Waals surface area contributed by atoms with Crippen molar-refractivity contribution in [1.29, 1.82) is 0 Å². The minimum absolute atomic E-state index is 0.0460. The summed E-state index contributed by atoms with van der Waals surface area (Å²) in [5.74, 6) is 0.590. The van der Waals surface area contributed by atoms with E-state index < -0.39 is 10.0 Å². The molecule has 1 unspecified atom stereocenters. The van der Waals surface area contributed by atoms with Gasteiger partial charge in [-0.15, -0.1) is 0 Å². The first-order valence-corrected chi connectivity index (χ1v) is 14.8. The van der Waals surface area contributed by atoms with Gasteiger partial charge >= 0.3 is 0 Å². The molecule has 0 saturated carbocycles. The van der Waals surface area contributed by atoms with E-state index in [0.717, 1.165) is 16.9 Å². The van der Waals surface area contributed by atoms with Crippen LogP contribution in [0.3, 0.4) is 0 Å². The normalized spacial score (nSPS) is 16.5. The Kier molecular flexibility index (Phi) is 9.61. The molecule has 1 heterocycles. The maximum absolute atomic E-state index is 13.4. The number of methoxy groups -OCH3 is 1. The fourth-order valence-electron chi connectivity index (χ4n) is 4.74. The van der Waals surface area contributed by atoms with Gasteiger partial charge in [-0.1, -0.05) is 55.5 Å². The summed E-state index contributed by atoms with van der Waals surface area (Å²) in [5.41, 5.74) is 3.07. The Morgan fingerprint density at radius 3 is 2.56 bits per heavy atom. The lowest BCUT2D eigenvalue weighted by molar-refractivity contribution is 0.0599. The molecule has 0 aromatic heterocycles. The zero-order valence-corrected chi connectivity index (χ0v) is 23.6. The second-order valence-corrected chi connectivity index (χ2v) is 11.9. The Balaban J connectivity index is 1.49. The van der Waals surface area contributed by atoms with Gasteiger partial charge in [-0.25, -0.2) is 8.42 Å². The van der Waals surface area contributed by atoms with Crippen molar-refractivity contribution in [2.75, 3.05) is 37.5 Å². The standard InChI is InChI=1S/C30H37N3O5S/c1-4-16-39(35,36)32(2)26-14-9-13-25(19-26)30(34)31-28(18-23-10-6-5-7-11-23)29-21-33(22-38-29)20-24-12-8-15-27(17-24)37-3/h5-15,17,19,28-29H,4,16,18,20-22H2,1-3H3,(H,31,34)/t28?,29-/m0/s1. The molecule has 208 valence electrons. The molecule has 2 atom stereocenters. The third kappa shape index (κ3) is 7.59. The number of nitrogens with zero attached hydrogens (tertiary/aromatic N) is 2. The molecule has 0 radical (unpaired) electrons. The summed E-state index contributed by atoms with van der Waals surface area (Å²) in [4.78, 5) is 15.6. The number of carbonyl (C=O) groups excluding carboxylic acids is 1. The van der Waals surface area contributed by atoms with Crippen molar-refractivity contribution in [2.24, 2.45) is 0 Å². The molecular weight excluding hydrogens is 514 g/mol. The molecule has 1 fully saturated rings. The van der Waals surface area contributed by atoms with Crippen LogP contribution >= 0.6 is 0 Å². The van der Waals surface area contributed by atoms with Gasteiger partial charge in [0.2, 0.25) is 10.0 Å². The Morgan fingerprint density at radius 1 is 1.08 bits per heavy atom. The van der Waals surface area contributed by atoms with Crippen LogP contribution in [0.25, 0.3) is 0 Å². The summed E-state index contributed by atoms with van der Waals surface area (Å²) >= 11 is 0. The van der Waals surface area contributed by atoms with Gasteiger partial charge < -0.3 is 14.8 Å². The van der Waals surface area contributed by atoms with Gasteiger partial charge in [0.15, 0.2) is 0 Å². The average molecular weight is 552 g/mol. The van der Waals surface area contributed by atoms with E-state index in [1.54, 1.807) is 31.4 Å². The van der Waals surface area contributed by atoms with Crippen LogP contribution in [0, 0.1) is 0 Å². The van der Waals surface area contributed by atoms with E-state index >= 15 is 0 Å². The molecule has 0 spiro atoms. The lowest BCUT2D eigenvalue weighted by Gasteiger charge is -2.25. The number of nitrogens with one attached hydrogen (secondary N) is 1. The predicted molar refractivity (Wildman–Crippen MR) is 153 cm³/mol. The highest BCUT2D eigenvalue weighted by molar-refractivity contribution is 7.92. The van der Waals surface area contributed by atoms with E-state index in [2.05, 4.69) is 16.3 Å². The quantitative estimate of drug-likeness (QED) is 0.365. The summed E-state index contributed by atoms with van der Waals surface area (Å²) in [7, 11) is -0.278. The van der Waals surface area contributed by atoms with Crippen molar-refractivity contribution < 1.29 is 22.7 Å². The van der Waals surface area contributed by atoms with Gasteiger partial charge in [0.25, 0.3) is 5.91 Å². The lowest BCUT2D eigenvalue weighted by atomic mass is 10.00. The van der Waals surface area contributed by atoms with E-state index in [4.69, 9.17) is 9.47 Å². The zero-order valence-electron chi connectivity index (χ0n) is 22.7. The number of benzene rings is 3. The van der Waals surface area contributed by atoms with Crippen LogP contribution in [0.15, 0.2) is 78.9 Å². The molecule has 1 N–H and O–H groups in total. The Morgan fingerprint density at radius 2 is 1.82 bits per heavy atom. The summed E-state index contributed by atoms with van der Waals surface area (Å²) in [6.07, 6.45) is 0.912. The van der Waals surface area contributed by atoms with Crippen molar-refractivity contribution in [2.45, 2.75) is 38.5 Å². The van der Waals surface area contributed by atoms with Crippen molar-refractivity contribution in [1.82, 2.24) is 10.2 Å². The number of anilines is 1. The first-order valence-electron chi connectivity index (χ1n) is 13.2. The fraction of sp³-hybridized carbons (Fsp3) is 0.367. The first-order chi connectivity index (χ1) is 18.8. The van der Waals surface area contributed by atoms with E-state index in [1.165, 1.54) is 11.4 Å². The number of sulfonamides is 1. The zero-order chi connectivity index (χ0) is 27.8. The maximum atomic E-state index is 13.4. The average Bonchev–Trinajstić information content (AvgIpc) is 3.41. The van der Waals surface area contributed by atoms with Gasteiger partial charge in [-0.05, 0) is 54.3 Å². The molecule has 4 rings (SSSR count). The van der Waals surface area contributed by atoms with E-state index in [0.29, 0.717) is 43.9 Å². The van der Waals surface area contributed by atoms with Crippen LogP contribution in [0.5, 0.6) is 5.75 Å². The summed E-state index contributed by atoms with van der Waals surface area (Å²) in [6.45, 7) is 3.65. The molecule has 8 nitrogen and oxygen atoms in total. The van der Waals surface area contributed by atoms with Crippen molar-refractivity contribution in [3.63, 3.8) is 0 Å². The molecule has 1 saturated heterocycles. The van der Waals surface area contributed by atoms with Crippen LogP contribution in [0.1, 0.15) is 34.8 Å². The minimum atomic E-state index is -3.45. The van der Waals surface area contributed by atoms with Crippen molar-refractivity contribution >= 4 is 21.6 Å². The Labute approximate surface area is 231 Å². The number of carbonyl (C=O) groups is 1. The third-order valence-corrected chi connectivity index (χ3v) is 8.83. The smallest absolute Gasteiger partial charge is 0.251 e. The Hall–Kier alpha value is -3.40. The topological polar surface area (TPSA) is 88.2 Å². The fourth-order valence-corrected chi connectivity index (χ4v) is 5.96. The van der Waals surface area contributed by atoms with Crippen LogP contribution in [-0.2, 0) is 27.7 Å². The first kappa shape index (κ1) is 28.6. The van der Waals surface area contributed by atoms with Gasteiger partial charge in [0.1, 0.15) is 5.75 Å². The van der Waals surface area contributed by atoms with Crippen LogP contribution in [0.4, 0.5) is 5.69 Å². The van der Waals surface area contributed by atoms with Crippen LogP contribution in [0.2, 0.25) is 0 Å². The van der Waals surface area contributed by atoms with Gasteiger partial charge in [-0.2, -0.15) is 0 Å². The van der Waals surface area contributed by atoms with Gasteiger partial charge in [0, 0.05) is 25.7 Å². The molecule has 1 aliphatic rings. The highest BCUT2D eigenvalue weighted by Crippen LogP contribution is 2.22. The molecular formula is C30H37N3O5S. The summed E-state index contributed by atoms with van der Waals surface area (Å²) in [6, 6.07) is 24.4. The molecule has 3 aromatic rings. The SMILES string of the molecule is CCCS(=O)(=O)N(C)c1cccc(C(=O)NC(Cc2ccccc2)[C@@H]2CN(Cc3cccc(OC)c3)CO2)c1. The molecule has 1 amide bonds. The third-order valence-electron chi connectivity index (χ3n) is 6.86. The van der Waals surface area contributed by atoms with E-state index in [1.807, 2.05) is 55.5 Å². The largest absolute Gasteiger partial charge is 0.497 e. The van der Waals surface area contributed by atoms with Crippen LogP contribution in [-0.4, -0.2) is 64.6 Å². The monoisotopic (exact) mass is 551 g/mol. The molecule has 0 aliphatic carbocycles. The lowest BCUT2D eigenvalue weighted by Crippen LogP contribution is -2.46. The predicted octanol–water partition coefficient (Wildman–Crippen LogP) is 4.07. The molecule has 3 aromatic carbocycles. The highest BCUT2D eigenvalue weighted by Gasteiger charge is 2.32. The van der Waals surface area contributed by atoms with Crippen LogP contribution < -0.4 is 14.4 Å². The van der Waals surface area contributed by atoms with Crippen molar-refractivity contribution in [3.8, 4) is 5.75 Å². The number of hydrogen-bond acceptors (Lipinski definition) is 6. The second-order valence-electron chi connectivity index (χ2n) is 9.80. The van der Waals surface area contributed by atoms with E-state index in [9.17, 15) is 13.2 Å². The molecule has 9 heteroatoms. The molecule has 0 bridgehead atoms. The van der Waals surface area contributed by atoms with Gasteiger partial charge in [-0.3, -0.25) is 14.0 Å². The number of hydrogen-bond donors (Lipinski definition) is 1. The number of amides is 1. The summed E-state index contributed by atoms with van der Waals surface area (Å²) < 4.78 is 37.9. The molecule has 39 heavy (non-hydrogen) atoms. The van der Waals surface area contributed by atoms with E-state index in [-0.39, 0.29) is 23.8 Å². The minimum Gasteiger partial charge on any atom is -0.497 e. The van der Waals surface area contributed by atoms with Gasteiger partial charge in [0.05, 0.1) is 37.4 Å². The maximum Gasteiger partial charge on any atom is 0.251 e. The molecule has 1 aliphatic heterocycles. The number of ether oxygens (including phenoxy) is 2. The Bertz CT molecular complexity index is 1350. The summed E-state index contributed by atoms with van der Waals surface area (Å²) in [5, 5.41) is 3.18.